The third-order valence-electron chi connectivity index (χ3n) is 5.09. The van der Waals surface area contributed by atoms with Gasteiger partial charge in [-0.1, -0.05) is 60.7 Å². The number of piperazine rings is 1. The van der Waals surface area contributed by atoms with Gasteiger partial charge in [0.05, 0.1) is 40.3 Å². The first kappa shape index (κ1) is 16.7. The Morgan fingerprint density at radius 2 is 1.38 bits per heavy atom. The first-order chi connectivity index (χ1) is 11.6. The third-order valence-corrected chi connectivity index (χ3v) is 5.09. The Balaban J connectivity index is 1.76. The van der Waals surface area contributed by atoms with Gasteiger partial charge in [-0.15, -0.1) is 0 Å². The summed E-state index contributed by atoms with van der Waals surface area (Å²) >= 11 is 0. The van der Waals surface area contributed by atoms with Crippen LogP contribution < -0.4 is 0 Å². The Hall–Kier alpha value is -2.13. The highest BCUT2D eigenvalue weighted by atomic mass is 16.2. The summed E-state index contributed by atoms with van der Waals surface area (Å²) in [4.78, 5) is 14.9. The number of benzene rings is 2. The Morgan fingerprint density at radius 1 is 0.917 bits per heavy atom. The van der Waals surface area contributed by atoms with Gasteiger partial charge in [0.15, 0.2) is 0 Å². The largest absolute Gasteiger partial charge is 0.331 e. The highest BCUT2D eigenvalue weighted by Crippen LogP contribution is 2.28. The van der Waals surface area contributed by atoms with Crippen molar-refractivity contribution >= 4 is 5.91 Å². The molecule has 24 heavy (non-hydrogen) atoms. The summed E-state index contributed by atoms with van der Waals surface area (Å²) in [5.41, 5.74) is 2.43. The summed E-state index contributed by atoms with van der Waals surface area (Å²) in [5.74, 6) is 0.400. The fourth-order valence-corrected chi connectivity index (χ4v) is 3.36. The molecule has 3 rings (SSSR count). The molecule has 3 heteroatoms. The second-order valence-electron chi connectivity index (χ2n) is 7.34. The molecule has 1 heterocycles. The van der Waals surface area contributed by atoms with Gasteiger partial charge >= 0.3 is 0 Å². The predicted molar refractivity (Wildman–Crippen MR) is 97.8 cm³/mol. The van der Waals surface area contributed by atoms with Crippen molar-refractivity contribution in [2.75, 3.05) is 40.3 Å². The van der Waals surface area contributed by atoms with E-state index in [1.807, 2.05) is 17.0 Å². The summed E-state index contributed by atoms with van der Waals surface area (Å²) in [6.45, 7) is 3.80. The maximum absolute atomic E-state index is 12.9. The molecule has 3 nitrogen and oxygen atoms in total. The van der Waals surface area contributed by atoms with Crippen LogP contribution in [0.3, 0.4) is 0 Å². The van der Waals surface area contributed by atoms with Gasteiger partial charge in [0.1, 0.15) is 0 Å². The minimum atomic E-state index is 0.129. The van der Waals surface area contributed by atoms with Crippen LogP contribution in [0.4, 0.5) is 0 Å². The molecule has 1 fully saturated rings. The second kappa shape index (κ2) is 7.18. The van der Waals surface area contributed by atoms with E-state index in [1.165, 1.54) is 11.1 Å². The lowest BCUT2D eigenvalue weighted by Gasteiger charge is -2.39. The van der Waals surface area contributed by atoms with Gasteiger partial charge in [-0.3, -0.25) is 4.79 Å². The lowest BCUT2D eigenvalue weighted by molar-refractivity contribution is -0.894. The zero-order valence-corrected chi connectivity index (χ0v) is 14.7. The van der Waals surface area contributed by atoms with Crippen LogP contribution in [0.15, 0.2) is 60.7 Å². The summed E-state index contributed by atoms with van der Waals surface area (Å²) in [6, 6.07) is 20.8. The number of hydrogen-bond acceptors (Lipinski definition) is 1. The van der Waals surface area contributed by atoms with E-state index in [0.29, 0.717) is 6.42 Å². The molecule has 0 N–H and O–H groups in total. The fourth-order valence-electron chi connectivity index (χ4n) is 3.36. The van der Waals surface area contributed by atoms with E-state index in [-0.39, 0.29) is 11.8 Å². The number of carbonyl (C=O) groups excluding carboxylic acids is 1. The molecule has 0 saturated carbocycles. The van der Waals surface area contributed by atoms with E-state index in [0.717, 1.165) is 30.7 Å². The van der Waals surface area contributed by atoms with E-state index in [2.05, 4.69) is 62.6 Å². The first-order valence-electron chi connectivity index (χ1n) is 8.75. The molecule has 126 valence electrons. The standard InChI is InChI=1S/C21H27N2O/c1-23(2)15-13-22(14-16-23)21(24)17-20(18-9-5-3-6-10-18)19-11-7-4-8-12-19/h3-12,20H,13-17H2,1-2H3/q+1. The Bertz CT molecular complexity index is 617. The zero-order chi connectivity index (χ0) is 17.0. The first-order valence-corrected chi connectivity index (χ1v) is 8.75. The van der Waals surface area contributed by atoms with Crippen molar-refractivity contribution in [3.63, 3.8) is 0 Å². The van der Waals surface area contributed by atoms with E-state index >= 15 is 0 Å². The van der Waals surface area contributed by atoms with E-state index in [1.54, 1.807) is 0 Å². The topological polar surface area (TPSA) is 20.3 Å². The monoisotopic (exact) mass is 323 g/mol. The molecule has 0 spiro atoms. The van der Waals surface area contributed by atoms with Gasteiger partial charge in [0, 0.05) is 12.3 Å². The molecule has 2 aromatic carbocycles. The Morgan fingerprint density at radius 3 is 1.83 bits per heavy atom. The van der Waals surface area contributed by atoms with Crippen molar-refractivity contribution in [1.29, 1.82) is 0 Å². The van der Waals surface area contributed by atoms with Crippen LogP contribution >= 0.6 is 0 Å². The van der Waals surface area contributed by atoms with Crippen LogP contribution in [0.5, 0.6) is 0 Å². The molecular weight excluding hydrogens is 296 g/mol. The lowest BCUT2D eigenvalue weighted by Crippen LogP contribution is -2.56. The normalized spacial score (nSPS) is 17.0. The number of hydrogen-bond donors (Lipinski definition) is 0. The number of likely N-dealkylation sites (N-methyl/N-ethyl adjacent to an activating group) is 1. The number of carbonyl (C=O) groups is 1. The van der Waals surface area contributed by atoms with Crippen molar-refractivity contribution in [3.05, 3.63) is 71.8 Å². The Labute approximate surface area is 145 Å². The number of nitrogens with zero attached hydrogens (tertiary/aromatic N) is 2. The molecule has 0 unspecified atom stereocenters. The lowest BCUT2D eigenvalue weighted by atomic mass is 9.88. The maximum Gasteiger partial charge on any atom is 0.223 e. The van der Waals surface area contributed by atoms with Gasteiger partial charge in [-0.05, 0) is 11.1 Å². The minimum absolute atomic E-state index is 0.129. The van der Waals surface area contributed by atoms with Crippen LogP contribution in [0.2, 0.25) is 0 Å². The van der Waals surface area contributed by atoms with E-state index in [9.17, 15) is 4.79 Å². The quantitative estimate of drug-likeness (QED) is 0.792. The second-order valence-corrected chi connectivity index (χ2v) is 7.34. The highest BCUT2D eigenvalue weighted by Gasteiger charge is 2.29. The van der Waals surface area contributed by atoms with Crippen LogP contribution in [0.1, 0.15) is 23.5 Å². The Kier molecular flexibility index (Phi) is 5.00. The summed E-state index contributed by atoms with van der Waals surface area (Å²) in [7, 11) is 4.47. The van der Waals surface area contributed by atoms with Crippen LogP contribution in [-0.4, -0.2) is 55.6 Å². The summed E-state index contributed by atoms with van der Waals surface area (Å²) in [5, 5.41) is 0. The van der Waals surface area contributed by atoms with Crippen LogP contribution in [0, 0.1) is 0 Å². The molecule has 0 aromatic heterocycles. The third kappa shape index (κ3) is 4.04. The number of quaternary nitrogens is 1. The molecule has 0 bridgehead atoms. The van der Waals surface area contributed by atoms with Crippen molar-refractivity contribution in [3.8, 4) is 0 Å². The molecule has 1 aliphatic heterocycles. The van der Waals surface area contributed by atoms with E-state index < -0.39 is 0 Å². The van der Waals surface area contributed by atoms with Crippen molar-refractivity contribution in [1.82, 2.24) is 4.90 Å². The van der Waals surface area contributed by atoms with Crippen molar-refractivity contribution in [2.45, 2.75) is 12.3 Å². The molecule has 0 radical (unpaired) electrons. The SMILES string of the molecule is C[N+]1(C)CCN(C(=O)CC(c2ccccc2)c2ccccc2)CC1. The van der Waals surface area contributed by atoms with E-state index in [4.69, 9.17) is 0 Å². The summed E-state index contributed by atoms with van der Waals surface area (Å²) in [6.07, 6.45) is 0.543. The van der Waals surface area contributed by atoms with Gasteiger partial charge in [0.2, 0.25) is 5.91 Å². The molecule has 0 atom stereocenters. The van der Waals surface area contributed by atoms with Crippen molar-refractivity contribution in [2.24, 2.45) is 0 Å². The van der Waals surface area contributed by atoms with Gasteiger partial charge in [0.25, 0.3) is 0 Å². The van der Waals surface area contributed by atoms with Gasteiger partial charge in [-0.25, -0.2) is 0 Å². The molecule has 1 saturated heterocycles. The fraction of sp³-hybridized carbons (Fsp3) is 0.381. The van der Waals surface area contributed by atoms with Crippen LogP contribution in [0.25, 0.3) is 0 Å². The molecule has 1 aliphatic rings. The maximum atomic E-state index is 12.9. The van der Waals surface area contributed by atoms with Crippen molar-refractivity contribution < 1.29 is 9.28 Å². The molecule has 2 aromatic rings. The predicted octanol–water partition coefficient (Wildman–Crippen LogP) is 3.13. The number of rotatable bonds is 4. The zero-order valence-electron chi connectivity index (χ0n) is 14.7. The highest BCUT2D eigenvalue weighted by molar-refractivity contribution is 5.78. The van der Waals surface area contributed by atoms with Gasteiger partial charge in [-0.2, -0.15) is 0 Å². The smallest absolute Gasteiger partial charge is 0.223 e. The minimum Gasteiger partial charge on any atom is -0.331 e. The average Bonchev–Trinajstić information content (AvgIpc) is 2.61. The molecule has 1 amide bonds. The van der Waals surface area contributed by atoms with Gasteiger partial charge < -0.3 is 9.38 Å². The van der Waals surface area contributed by atoms with Crippen LogP contribution in [-0.2, 0) is 4.79 Å². The summed E-state index contributed by atoms with van der Waals surface area (Å²) < 4.78 is 1.00. The number of amides is 1. The molecular formula is C21H27N2O+. The molecule has 0 aliphatic carbocycles. The average molecular weight is 323 g/mol.